The van der Waals surface area contributed by atoms with Gasteiger partial charge in [0.05, 0.1) is 17.9 Å². The van der Waals surface area contributed by atoms with Crippen molar-refractivity contribution in [1.29, 1.82) is 0 Å². The van der Waals surface area contributed by atoms with Crippen molar-refractivity contribution in [3.05, 3.63) is 59.5 Å². The van der Waals surface area contributed by atoms with Crippen LogP contribution in [0.2, 0.25) is 0 Å². The molecular weight excluding hydrogens is 333 g/mol. The number of halogens is 1. The maximum atomic E-state index is 14.3. The molecule has 0 saturated heterocycles. The number of nitrogens with one attached hydrogen (secondary N) is 3. The number of rotatable bonds is 6. The fraction of sp³-hybridized carbons (Fsp3) is 0.250. The van der Waals surface area contributed by atoms with Crippen molar-refractivity contribution in [3.63, 3.8) is 0 Å². The van der Waals surface area contributed by atoms with Crippen LogP contribution in [0.1, 0.15) is 18.1 Å². The van der Waals surface area contributed by atoms with E-state index in [-0.39, 0.29) is 17.8 Å². The second-order valence-electron chi connectivity index (χ2n) is 6.35. The molecule has 2 aromatic carbocycles. The molecule has 26 heavy (non-hydrogen) atoms. The number of hydrogen-bond donors (Lipinski definition) is 3. The normalized spacial score (nSPS) is 15.5. The lowest BCUT2D eigenvalue weighted by Gasteiger charge is -2.15. The molecule has 1 amide bonds. The van der Waals surface area contributed by atoms with Crippen molar-refractivity contribution in [1.82, 2.24) is 0 Å². The maximum absolute atomic E-state index is 14.3. The Morgan fingerprint density at radius 2 is 2.12 bits per heavy atom. The van der Waals surface area contributed by atoms with Crippen LogP contribution in [0, 0.1) is 12.7 Å². The van der Waals surface area contributed by atoms with Gasteiger partial charge in [-0.3, -0.25) is 4.79 Å². The molecule has 1 unspecified atom stereocenters. The Bertz CT molecular complexity index is 864. The summed E-state index contributed by atoms with van der Waals surface area (Å²) in [6.07, 6.45) is 1.61. The van der Waals surface area contributed by atoms with Gasteiger partial charge in [-0.05, 0) is 43.7 Å². The first-order valence-electron chi connectivity index (χ1n) is 8.42. The number of ether oxygens (including phenoxy) is 1. The predicted molar refractivity (Wildman–Crippen MR) is 103 cm³/mol. The van der Waals surface area contributed by atoms with E-state index in [1.807, 2.05) is 32.0 Å². The van der Waals surface area contributed by atoms with E-state index in [0.29, 0.717) is 23.6 Å². The van der Waals surface area contributed by atoms with Crippen molar-refractivity contribution in [2.45, 2.75) is 19.9 Å². The molecule has 5 nitrogen and oxygen atoms in total. The topological polar surface area (TPSA) is 62.4 Å². The van der Waals surface area contributed by atoms with Crippen LogP contribution >= 0.6 is 0 Å². The lowest BCUT2D eigenvalue weighted by molar-refractivity contribution is -0.110. The first-order valence-corrected chi connectivity index (χ1v) is 8.42. The van der Waals surface area contributed by atoms with Gasteiger partial charge in [0.2, 0.25) is 0 Å². The van der Waals surface area contributed by atoms with E-state index < -0.39 is 0 Å². The number of hydrogen-bond acceptors (Lipinski definition) is 4. The Labute approximate surface area is 152 Å². The number of carbonyl (C=O) groups excluding carboxylic acids is 1. The molecule has 0 saturated carbocycles. The second-order valence-corrected chi connectivity index (χ2v) is 6.35. The van der Waals surface area contributed by atoms with E-state index in [0.717, 1.165) is 16.8 Å². The maximum Gasteiger partial charge on any atom is 0.257 e. The number of benzene rings is 2. The van der Waals surface area contributed by atoms with Gasteiger partial charge < -0.3 is 20.7 Å². The molecule has 0 radical (unpaired) electrons. The zero-order valence-corrected chi connectivity index (χ0v) is 15.0. The summed E-state index contributed by atoms with van der Waals surface area (Å²) in [7, 11) is 1.61. The van der Waals surface area contributed by atoms with E-state index in [4.69, 9.17) is 4.74 Å². The van der Waals surface area contributed by atoms with Crippen molar-refractivity contribution in [2.75, 3.05) is 29.7 Å². The third-order valence-corrected chi connectivity index (χ3v) is 4.21. The summed E-state index contributed by atoms with van der Waals surface area (Å²) in [5, 5.41) is 8.91. The lowest BCUT2D eigenvalue weighted by atomic mass is 10.0. The van der Waals surface area contributed by atoms with E-state index >= 15 is 0 Å². The van der Waals surface area contributed by atoms with Crippen LogP contribution in [0.15, 0.2) is 42.6 Å². The first-order chi connectivity index (χ1) is 12.5. The molecule has 1 aliphatic rings. The summed E-state index contributed by atoms with van der Waals surface area (Å²) < 4.78 is 19.3. The first kappa shape index (κ1) is 17.9. The van der Waals surface area contributed by atoms with Gasteiger partial charge >= 0.3 is 0 Å². The molecule has 0 aliphatic carbocycles. The third-order valence-electron chi connectivity index (χ3n) is 4.21. The monoisotopic (exact) mass is 355 g/mol. The lowest BCUT2D eigenvalue weighted by Crippen LogP contribution is -2.21. The summed E-state index contributed by atoms with van der Waals surface area (Å²) in [6.45, 7) is 4.35. The zero-order valence-electron chi connectivity index (χ0n) is 15.0. The standard InChI is InChI=1S/C20H22FN3O2/c1-12-5-4-6-18-19(12)15(20(25)24-18)10-22-14-7-8-17(16(21)9-14)23-13(2)11-26-3/h4-10,13,22-23H,11H2,1-3H3,(H,24,25)/b15-10+. The number of methoxy groups -OCH3 is 1. The minimum Gasteiger partial charge on any atom is -0.383 e. The number of anilines is 3. The van der Waals surface area contributed by atoms with Crippen molar-refractivity contribution < 1.29 is 13.9 Å². The third kappa shape index (κ3) is 3.70. The van der Waals surface area contributed by atoms with Crippen LogP contribution < -0.4 is 16.0 Å². The highest BCUT2D eigenvalue weighted by Crippen LogP contribution is 2.34. The summed E-state index contributed by atoms with van der Waals surface area (Å²) in [5.41, 5.74) is 4.18. The average Bonchev–Trinajstić information content (AvgIpc) is 2.92. The van der Waals surface area contributed by atoms with E-state index in [2.05, 4.69) is 16.0 Å². The molecule has 0 spiro atoms. The Balaban J connectivity index is 1.77. The molecule has 0 fully saturated rings. The molecule has 3 N–H and O–H groups in total. The van der Waals surface area contributed by atoms with Crippen LogP contribution in [0.25, 0.3) is 5.57 Å². The fourth-order valence-corrected chi connectivity index (χ4v) is 3.00. The van der Waals surface area contributed by atoms with Crippen LogP contribution in [-0.2, 0) is 9.53 Å². The van der Waals surface area contributed by atoms with Crippen LogP contribution in [-0.4, -0.2) is 25.7 Å². The molecule has 0 bridgehead atoms. The Morgan fingerprint density at radius 3 is 2.85 bits per heavy atom. The van der Waals surface area contributed by atoms with Crippen LogP contribution in [0.5, 0.6) is 0 Å². The van der Waals surface area contributed by atoms with Crippen molar-refractivity contribution in [2.24, 2.45) is 0 Å². The number of carbonyl (C=O) groups is 1. The Kier molecular flexibility index (Phi) is 5.23. The molecule has 6 heteroatoms. The molecule has 2 aromatic rings. The zero-order chi connectivity index (χ0) is 18.7. The Hall–Kier alpha value is -2.86. The highest BCUT2D eigenvalue weighted by atomic mass is 19.1. The van der Waals surface area contributed by atoms with Gasteiger partial charge in [-0.25, -0.2) is 4.39 Å². The van der Waals surface area contributed by atoms with E-state index in [1.54, 1.807) is 25.4 Å². The minimum absolute atomic E-state index is 0.00270. The van der Waals surface area contributed by atoms with Gasteiger partial charge in [0.25, 0.3) is 5.91 Å². The van der Waals surface area contributed by atoms with Gasteiger partial charge in [-0.1, -0.05) is 12.1 Å². The van der Waals surface area contributed by atoms with Gasteiger partial charge in [0.1, 0.15) is 5.82 Å². The average molecular weight is 355 g/mol. The van der Waals surface area contributed by atoms with E-state index in [9.17, 15) is 9.18 Å². The largest absolute Gasteiger partial charge is 0.383 e. The summed E-state index contributed by atoms with van der Waals surface area (Å²) in [5.74, 6) is -0.544. The van der Waals surface area contributed by atoms with Crippen LogP contribution in [0.3, 0.4) is 0 Å². The van der Waals surface area contributed by atoms with Gasteiger partial charge in [0, 0.05) is 36.3 Å². The smallest absolute Gasteiger partial charge is 0.257 e. The minimum atomic E-state index is -0.371. The molecule has 0 aromatic heterocycles. The molecule has 136 valence electrons. The highest BCUT2D eigenvalue weighted by molar-refractivity contribution is 6.32. The molecule has 1 heterocycles. The summed E-state index contributed by atoms with van der Waals surface area (Å²) in [6, 6.07) is 10.5. The van der Waals surface area contributed by atoms with Crippen molar-refractivity contribution in [3.8, 4) is 0 Å². The van der Waals surface area contributed by atoms with Gasteiger partial charge in [-0.2, -0.15) is 0 Å². The highest BCUT2D eigenvalue weighted by Gasteiger charge is 2.25. The quantitative estimate of drug-likeness (QED) is 0.686. The number of fused-ring (bicyclic) bond motifs is 1. The fourth-order valence-electron chi connectivity index (χ4n) is 3.00. The Morgan fingerprint density at radius 1 is 1.31 bits per heavy atom. The molecule has 1 aliphatic heterocycles. The number of aryl methyl sites for hydroxylation is 1. The van der Waals surface area contributed by atoms with Crippen LogP contribution in [0.4, 0.5) is 21.5 Å². The van der Waals surface area contributed by atoms with Gasteiger partial charge in [-0.15, -0.1) is 0 Å². The number of amides is 1. The molecule has 1 atom stereocenters. The summed E-state index contributed by atoms with van der Waals surface area (Å²) in [4.78, 5) is 12.2. The molecule has 3 rings (SSSR count). The van der Waals surface area contributed by atoms with Crippen molar-refractivity contribution >= 4 is 28.5 Å². The SMILES string of the molecule is COCC(C)Nc1ccc(N/C=C2/C(=O)Nc3cccc(C)c32)cc1F. The second kappa shape index (κ2) is 7.58. The summed E-state index contributed by atoms with van der Waals surface area (Å²) >= 11 is 0. The van der Waals surface area contributed by atoms with Gasteiger partial charge in [0.15, 0.2) is 0 Å². The molecular formula is C20H22FN3O2. The van der Waals surface area contributed by atoms with E-state index in [1.165, 1.54) is 6.07 Å². The predicted octanol–water partition coefficient (Wildman–Crippen LogP) is 3.99.